The summed E-state index contributed by atoms with van der Waals surface area (Å²) < 4.78 is 40.3. The molecule has 0 saturated carbocycles. The van der Waals surface area contributed by atoms with E-state index in [2.05, 4.69) is 10.1 Å². The van der Waals surface area contributed by atoms with Crippen LogP contribution < -0.4 is 10.1 Å². The molecule has 0 aliphatic carbocycles. The highest BCUT2D eigenvalue weighted by molar-refractivity contribution is 5.28. The minimum atomic E-state index is -4.67. The van der Waals surface area contributed by atoms with Crippen molar-refractivity contribution in [2.24, 2.45) is 0 Å². The molecule has 0 aromatic heterocycles. The van der Waals surface area contributed by atoms with Crippen LogP contribution in [0.1, 0.15) is 37.7 Å². The molecule has 2 fully saturated rings. The van der Waals surface area contributed by atoms with Gasteiger partial charge in [0, 0.05) is 18.5 Å². The first-order valence-electron chi connectivity index (χ1n) is 7.64. The van der Waals surface area contributed by atoms with Crippen LogP contribution in [0.2, 0.25) is 0 Å². The molecule has 2 atom stereocenters. The molecule has 3 nitrogen and oxygen atoms in total. The largest absolute Gasteiger partial charge is 0.573 e. The molecule has 3 rings (SSSR count). The summed E-state index contributed by atoms with van der Waals surface area (Å²) in [5.41, 5.74) is 0.0601. The third-order valence-corrected chi connectivity index (χ3v) is 4.52. The summed E-state index contributed by atoms with van der Waals surface area (Å²) in [7, 11) is 0. The summed E-state index contributed by atoms with van der Waals surface area (Å²) in [6.45, 7) is 0. The molecule has 2 heterocycles. The van der Waals surface area contributed by atoms with Crippen molar-refractivity contribution in [3.63, 3.8) is 0 Å². The first kappa shape index (κ1) is 15.6. The average Bonchev–Trinajstić information content (AvgIpc) is 2.38. The zero-order chi connectivity index (χ0) is 15.8. The number of hydrogen-bond donors (Lipinski definition) is 2. The Hall–Kier alpha value is -1.27. The molecule has 6 heteroatoms. The Morgan fingerprint density at radius 2 is 1.73 bits per heavy atom. The Kier molecular flexibility index (Phi) is 4.07. The highest BCUT2D eigenvalue weighted by atomic mass is 19.4. The number of nitrogens with one attached hydrogen (secondary N) is 1. The number of benzene rings is 1. The van der Waals surface area contributed by atoms with Gasteiger partial charge < -0.3 is 15.2 Å². The highest BCUT2D eigenvalue weighted by Gasteiger charge is 2.40. The van der Waals surface area contributed by atoms with Gasteiger partial charge in [-0.3, -0.25) is 0 Å². The van der Waals surface area contributed by atoms with Gasteiger partial charge in [0.1, 0.15) is 5.75 Å². The number of ether oxygens (including phenoxy) is 1. The fraction of sp³-hybridized carbons (Fsp3) is 0.625. The number of halogens is 3. The maximum atomic E-state index is 12.1. The SMILES string of the molecule is OC1(Cc2ccc(OC(F)(F)F)cc2)CC2CCCC(C1)N2. The lowest BCUT2D eigenvalue weighted by molar-refractivity contribution is -0.274. The molecular formula is C16H20F3NO2. The fourth-order valence-corrected chi connectivity index (χ4v) is 3.77. The Morgan fingerprint density at radius 3 is 2.27 bits per heavy atom. The van der Waals surface area contributed by atoms with Crippen molar-refractivity contribution in [2.75, 3.05) is 0 Å². The van der Waals surface area contributed by atoms with Crippen molar-refractivity contribution >= 4 is 0 Å². The molecule has 1 aromatic rings. The van der Waals surface area contributed by atoms with Crippen molar-refractivity contribution in [3.05, 3.63) is 29.8 Å². The van der Waals surface area contributed by atoms with Crippen LogP contribution in [0.5, 0.6) is 5.75 Å². The van der Waals surface area contributed by atoms with Gasteiger partial charge in [0.05, 0.1) is 5.60 Å². The predicted octanol–water partition coefficient (Wildman–Crippen LogP) is 3.16. The van der Waals surface area contributed by atoms with Gasteiger partial charge in [-0.25, -0.2) is 0 Å². The van der Waals surface area contributed by atoms with Crippen LogP contribution in [0, 0.1) is 0 Å². The van der Waals surface area contributed by atoms with Crippen molar-refractivity contribution in [1.82, 2.24) is 5.32 Å². The lowest BCUT2D eigenvalue weighted by atomic mass is 9.74. The summed E-state index contributed by atoms with van der Waals surface area (Å²) in [6.07, 6.45) is 0.547. The van der Waals surface area contributed by atoms with E-state index in [1.165, 1.54) is 18.6 Å². The Labute approximate surface area is 127 Å². The molecule has 2 N–H and O–H groups in total. The van der Waals surface area contributed by atoms with Gasteiger partial charge in [-0.2, -0.15) is 0 Å². The Balaban J connectivity index is 1.65. The zero-order valence-electron chi connectivity index (χ0n) is 12.2. The van der Waals surface area contributed by atoms with Crippen molar-refractivity contribution < 1.29 is 23.0 Å². The fourth-order valence-electron chi connectivity index (χ4n) is 3.77. The standard InChI is InChI=1S/C16H20F3NO2/c17-16(18,19)22-14-6-4-11(5-7-14)8-15(21)9-12-2-1-3-13(10-15)20-12/h4-7,12-13,20-21H,1-3,8-10H2. The first-order valence-corrected chi connectivity index (χ1v) is 7.64. The normalized spacial score (nSPS) is 31.8. The maximum Gasteiger partial charge on any atom is 0.573 e. The van der Waals surface area contributed by atoms with E-state index in [0.29, 0.717) is 31.3 Å². The number of rotatable bonds is 3. The van der Waals surface area contributed by atoms with Crippen molar-refractivity contribution in [2.45, 2.75) is 62.6 Å². The van der Waals surface area contributed by atoms with Crippen LogP contribution in [0.3, 0.4) is 0 Å². The molecule has 122 valence electrons. The van der Waals surface area contributed by atoms with Crippen LogP contribution in [0.4, 0.5) is 13.2 Å². The van der Waals surface area contributed by atoms with E-state index in [-0.39, 0.29) is 5.75 Å². The van der Waals surface area contributed by atoms with Crippen LogP contribution in [0.15, 0.2) is 24.3 Å². The number of aliphatic hydroxyl groups is 1. The van der Waals surface area contributed by atoms with Crippen LogP contribution >= 0.6 is 0 Å². The molecule has 2 aliphatic heterocycles. The van der Waals surface area contributed by atoms with Crippen LogP contribution in [-0.2, 0) is 6.42 Å². The summed E-state index contributed by atoms with van der Waals surface area (Å²) in [4.78, 5) is 0. The molecular weight excluding hydrogens is 295 g/mol. The molecule has 2 unspecified atom stereocenters. The second-order valence-electron chi connectivity index (χ2n) is 6.49. The summed E-state index contributed by atoms with van der Waals surface area (Å²) in [5, 5.41) is 14.4. The molecule has 0 spiro atoms. The average molecular weight is 315 g/mol. The number of alkyl halides is 3. The number of piperidine rings is 2. The van der Waals surface area contributed by atoms with Gasteiger partial charge in [0.2, 0.25) is 0 Å². The molecule has 22 heavy (non-hydrogen) atoms. The minimum Gasteiger partial charge on any atom is -0.406 e. The number of hydrogen-bond acceptors (Lipinski definition) is 3. The molecule has 0 amide bonds. The van der Waals surface area contributed by atoms with E-state index in [1.807, 2.05) is 0 Å². The third kappa shape index (κ3) is 3.93. The van der Waals surface area contributed by atoms with Gasteiger partial charge in [-0.15, -0.1) is 13.2 Å². The Morgan fingerprint density at radius 1 is 1.14 bits per heavy atom. The van der Waals surface area contributed by atoms with Crippen molar-refractivity contribution in [1.29, 1.82) is 0 Å². The maximum absolute atomic E-state index is 12.1. The minimum absolute atomic E-state index is 0.231. The van der Waals surface area contributed by atoms with E-state index >= 15 is 0 Å². The van der Waals surface area contributed by atoms with Crippen molar-refractivity contribution in [3.8, 4) is 5.75 Å². The van der Waals surface area contributed by atoms with Gasteiger partial charge in [-0.05, 0) is 43.4 Å². The summed E-state index contributed by atoms with van der Waals surface area (Å²) >= 11 is 0. The van der Waals surface area contributed by atoms with Crippen LogP contribution in [0.25, 0.3) is 0 Å². The molecule has 2 aliphatic rings. The molecule has 1 aromatic carbocycles. The van der Waals surface area contributed by atoms with Gasteiger partial charge in [0.15, 0.2) is 0 Å². The monoisotopic (exact) mass is 315 g/mol. The smallest absolute Gasteiger partial charge is 0.406 e. The van der Waals surface area contributed by atoms with Crippen LogP contribution in [-0.4, -0.2) is 29.2 Å². The zero-order valence-corrected chi connectivity index (χ0v) is 12.2. The lowest BCUT2D eigenvalue weighted by Crippen LogP contribution is -2.56. The quantitative estimate of drug-likeness (QED) is 0.900. The van der Waals surface area contributed by atoms with E-state index in [9.17, 15) is 18.3 Å². The topological polar surface area (TPSA) is 41.5 Å². The summed E-state index contributed by atoms with van der Waals surface area (Å²) in [5.74, 6) is -0.231. The molecule has 0 radical (unpaired) electrons. The number of fused-ring (bicyclic) bond motifs is 2. The highest BCUT2D eigenvalue weighted by Crippen LogP contribution is 2.35. The van der Waals surface area contributed by atoms with E-state index in [0.717, 1.165) is 18.4 Å². The third-order valence-electron chi connectivity index (χ3n) is 4.52. The van der Waals surface area contributed by atoms with E-state index in [1.54, 1.807) is 12.1 Å². The second-order valence-corrected chi connectivity index (χ2v) is 6.49. The first-order chi connectivity index (χ1) is 10.3. The molecule has 2 saturated heterocycles. The summed E-state index contributed by atoms with van der Waals surface area (Å²) in [6, 6.07) is 6.49. The second kappa shape index (κ2) is 5.74. The van der Waals surface area contributed by atoms with Gasteiger partial charge >= 0.3 is 6.36 Å². The molecule has 2 bridgehead atoms. The van der Waals surface area contributed by atoms with Gasteiger partial charge in [0.25, 0.3) is 0 Å². The van der Waals surface area contributed by atoms with E-state index < -0.39 is 12.0 Å². The van der Waals surface area contributed by atoms with Gasteiger partial charge in [-0.1, -0.05) is 18.6 Å². The predicted molar refractivity (Wildman–Crippen MR) is 75.6 cm³/mol. The lowest BCUT2D eigenvalue weighted by Gasteiger charge is -2.45. The van der Waals surface area contributed by atoms with E-state index in [4.69, 9.17) is 0 Å². The Bertz CT molecular complexity index is 503.